The Morgan fingerprint density at radius 3 is 2.83 bits per heavy atom. The molecule has 5 heteroatoms. The molecule has 1 aromatic carbocycles. The van der Waals surface area contributed by atoms with Gasteiger partial charge in [-0.3, -0.25) is 4.40 Å². The van der Waals surface area contributed by atoms with Gasteiger partial charge in [0.1, 0.15) is 5.65 Å². The molecule has 0 saturated carbocycles. The fraction of sp³-hybridized carbons (Fsp3) is 0.158. The molecule has 0 aliphatic rings. The molecule has 0 atom stereocenters. The molecule has 0 aliphatic carbocycles. The monoisotopic (exact) mass is 319 g/mol. The van der Waals surface area contributed by atoms with Gasteiger partial charge in [0.15, 0.2) is 0 Å². The third-order valence-electron chi connectivity index (χ3n) is 3.76. The van der Waals surface area contributed by atoms with E-state index in [-0.39, 0.29) is 0 Å². The number of nitrogens with zero attached hydrogens (tertiary/aromatic N) is 2. The van der Waals surface area contributed by atoms with Crippen LogP contribution in [0.1, 0.15) is 19.4 Å². The molecule has 24 heavy (non-hydrogen) atoms. The van der Waals surface area contributed by atoms with E-state index in [1.807, 2.05) is 59.4 Å². The van der Waals surface area contributed by atoms with E-state index in [0.717, 1.165) is 33.7 Å². The van der Waals surface area contributed by atoms with Crippen LogP contribution in [0.25, 0.3) is 22.5 Å². The minimum absolute atomic E-state index is 0.324. The first-order chi connectivity index (χ1) is 11.6. The van der Waals surface area contributed by atoms with Crippen LogP contribution < -0.4 is 11.1 Å². The van der Waals surface area contributed by atoms with Crippen molar-refractivity contribution in [2.24, 2.45) is 0 Å². The van der Waals surface area contributed by atoms with Gasteiger partial charge in [-0.1, -0.05) is 12.1 Å². The van der Waals surface area contributed by atoms with E-state index in [4.69, 9.17) is 11.1 Å². The number of nitrogens with two attached hydrogens (primary N) is 1. The summed E-state index contributed by atoms with van der Waals surface area (Å²) in [6, 6.07) is 12.1. The van der Waals surface area contributed by atoms with Crippen molar-refractivity contribution in [1.29, 1.82) is 5.41 Å². The fourth-order valence-corrected chi connectivity index (χ4v) is 2.54. The average Bonchev–Trinajstić information content (AvgIpc) is 2.98. The van der Waals surface area contributed by atoms with Crippen molar-refractivity contribution < 1.29 is 0 Å². The first-order valence-electron chi connectivity index (χ1n) is 7.88. The Hall–Kier alpha value is -3.08. The highest BCUT2D eigenvalue weighted by molar-refractivity contribution is 6.08. The van der Waals surface area contributed by atoms with Crippen LogP contribution in [0.4, 0.5) is 5.69 Å². The smallest absolute Gasteiger partial charge is 0.137 e. The molecule has 0 radical (unpaired) electrons. The standard InChI is InChI=1S/C19H21N5/c1-13(2)22-11-16(10-20)14-6-7-24-18(12-23-19(24)9-14)15-4-3-5-17(21)8-15/h3-13,20,22H,21H2,1-2H3/b16-11+,20-10?. The number of benzene rings is 1. The van der Waals surface area contributed by atoms with Crippen molar-refractivity contribution in [3.63, 3.8) is 0 Å². The van der Waals surface area contributed by atoms with E-state index in [1.165, 1.54) is 6.21 Å². The Kier molecular flexibility index (Phi) is 4.33. The molecular weight excluding hydrogens is 298 g/mol. The van der Waals surface area contributed by atoms with Gasteiger partial charge in [0.25, 0.3) is 0 Å². The number of nitrogens with one attached hydrogen (secondary N) is 2. The summed E-state index contributed by atoms with van der Waals surface area (Å²) >= 11 is 0. The highest BCUT2D eigenvalue weighted by Crippen LogP contribution is 2.24. The van der Waals surface area contributed by atoms with Gasteiger partial charge in [-0.25, -0.2) is 4.98 Å². The summed E-state index contributed by atoms with van der Waals surface area (Å²) in [5.41, 5.74) is 11.2. The van der Waals surface area contributed by atoms with Crippen LogP contribution in [0, 0.1) is 5.41 Å². The summed E-state index contributed by atoms with van der Waals surface area (Å²) in [6.45, 7) is 4.13. The van der Waals surface area contributed by atoms with Gasteiger partial charge in [-0.05, 0) is 43.7 Å². The lowest BCUT2D eigenvalue weighted by atomic mass is 10.1. The Balaban J connectivity index is 2.02. The number of hydrogen-bond donors (Lipinski definition) is 3. The number of aromatic nitrogens is 2. The van der Waals surface area contributed by atoms with E-state index in [9.17, 15) is 0 Å². The van der Waals surface area contributed by atoms with E-state index in [2.05, 4.69) is 24.1 Å². The summed E-state index contributed by atoms with van der Waals surface area (Å²) in [5.74, 6) is 0. The minimum atomic E-state index is 0.324. The maximum Gasteiger partial charge on any atom is 0.137 e. The van der Waals surface area contributed by atoms with Gasteiger partial charge in [-0.2, -0.15) is 0 Å². The Labute approximate surface area is 141 Å². The molecule has 0 fully saturated rings. The first-order valence-corrected chi connectivity index (χ1v) is 7.88. The lowest BCUT2D eigenvalue weighted by Crippen LogP contribution is -2.16. The number of rotatable bonds is 5. The topological polar surface area (TPSA) is 79.2 Å². The second kappa shape index (κ2) is 6.58. The van der Waals surface area contributed by atoms with Gasteiger partial charge in [0.05, 0.1) is 11.9 Å². The zero-order valence-electron chi connectivity index (χ0n) is 13.8. The molecule has 0 bridgehead atoms. The molecule has 122 valence electrons. The lowest BCUT2D eigenvalue weighted by Gasteiger charge is -2.08. The Morgan fingerprint density at radius 1 is 1.29 bits per heavy atom. The summed E-state index contributed by atoms with van der Waals surface area (Å²) in [6.07, 6.45) is 7.03. The number of anilines is 1. The van der Waals surface area contributed by atoms with Gasteiger partial charge in [-0.15, -0.1) is 0 Å². The SMILES string of the molecule is CC(C)N/C=C(\C=N)c1ccn2c(-c3cccc(N)c3)cnc2c1. The number of pyridine rings is 1. The molecule has 0 spiro atoms. The molecule has 0 amide bonds. The number of fused-ring (bicyclic) bond motifs is 1. The van der Waals surface area contributed by atoms with Gasteiger partial charge in [0.2, 0.25) is 0 Å². The van der Waals surface area contributed by atoms with Crippen molar-refractivity contribution in [3.05, 3.63) is 60.6 Å². The minimum Gasteiger partial charge on any atom is -0.399 e. The zero-order chi connectivity index (χ0) is 17.1. The van der Waals surface area contributed by atoms with Crippen LogP contribution in [0.2, 0.25) is 0 Å². The Bertz CT molecular complexity index is 905. The highest BCUT2D eigenvalue weighted by Gasteiger charge is 2.08. The molecule has 0 aliphatic heterocycles. The summed E-state index contributed by atoms with van der Waals surface area (Å²) in [5, 5.41) is 10.9. The molecule has 3 rings (SSSR count). The van der Waals surface area contributed by atoms with Crippen LogP contribution in [0.15, 0.2) is 55.0 Å². The van der Waals surface area contributed by atoms with Gasteiger partial charge in [0, 0.05) is 41.5 Å². The average molecular weight is 319 g/mol. The van der Waals surface area contributed by atoms with E-state index < -0.39 is 0 Å². The Morgan fingerprint density at radius 2 is 2.12 bits per heavy atom. The van der Waals surface area contributed by atoms with Gasteiger partial charge >= 0.3 is 0 Å². The summed E-state index contributed by atoms with van der Waals surface area (Å²) in [4.78, 5) is 4.50. The molecule has 2 heterocycles. The van der Waals surface area contributed by atoms with E-state index in [1.54, 1.807) is 0 Å². The number of hydrogen-bond acceptors (Lipinski definition) is 4. The van der Waals surface area contributed by atoms with Crippen molar-refractivity contribution in [2.75, 3.05) is 5.73 Å². The largest absolute Gasteiger partial charge is 0.399 e. The normalized spacial score (nSPS) is 11.9. The number of nitrogen functional groups attached to an aromatic ring is 1. The summed E-state index contributed by atoms with van der Waals surface area (Å²) in [7, 11) is 0. The maximum atomic E-state index is 7.64. The van der Waals surface area contributed by atoms with Crippen LogP contribution in [0.5, 0.6) is 0 Å². The highest BCUT2D eigenvalue weighted by atomic mass is 15.0. The van der Waals surface area contributed by atoms with E-state index in [0.29, 0.717) is 6.04 Å². The van der Waals surface area contributed by atoms with Gasteiger partial charge < -0.3 is 16.5 Å². The van der Waals surface area contributed by atoms with Crippen molar-refractivity contribution in [1.82, 2.24) is 14.7 Å². The van der Waals surface area contributed by atoms with E-state index >= 15 is 0 Å². The van der Waals surface area contributed by atoms with Crippen molar-refractivity contribution in [3.8, 4) is 11.3 Å². The number of imidazole rings is 1. The maximum absolute atomic E-state index is 7.64. The molecule has 5 nitrogen and oxygen atoms in total. The molecule has 3 aromatic rings. The zero-order valence-corrected chi connectivity index (χ0v) is 13.8. The first kappa shape index (κ1) is 15.8. The molecule has 4 N–H and O–H groups in total. The predicted octanol–water partition coefficient (Wildman–Crippen LogP) is 3.57. The van der Waals surface area contributed by atoms with Crippen LogP contribution in [0.3, 0.4) is 0 Å². The molecule has 2 aromatic heterocycles. The second-order valence-electron chi connectivity index (χ2n) is 5.98. The predicted molar refractivity (Wildman–Crippen MR) is 100 cm³/mol. The second-order valence-corrected chi connectivity index (χ2v) is 5.98. The quantitative estimate of drug-likeness (QED) is 0.497. The fourth-order valence-electron chi connectivity index (χ4n) is 2.54. The third-order valence-corrected chi connectivity index (χ3v) is 3.76. The number of allylic oxidation sites excluding steroid dienone is 1. The van der Waals surface area contributed by atoms with Crippen LogP contribution in [-0.2, 0) is 0 Å². The van der Waals surface area contributed by atoms with Crippen molar-refractivity contribution >= 4 is 23.1 Å². The molecule has 0 saturated heterocycles. The molecular formula is C19H21N5. The van der Waals surface area contributed by atoms with Crippen LogP contribution >= 0.6 is 0 Å². The summed E-state index contributed by atoms with van der Waals surface area (Å²) < 4.78 is 2.02. The molecule has 0 unspecified atom stereocenters. The van der Waals surface area contributed by atoms with Crippen LogP contribution in [-0.4, -0.2) is 21.6 Å². The lowest BCUT2D eigenvalue weighted by molar-refractivity contribution is 0.704. The third kappa shape index (κ3) is 3.15. The van der Waals surface area contributed by atoms with Crippen molar-refractivity contribution in [2.45, 2.75) is 19.9 Å².